The lowest BCUT2D eigenvalue weighted by Crippen LogP contribution is -2.16. The minimum Gasteiger partial charge on any atom is -0.488 e. The first kappa shape index (κ1) is 19.0. The first-order chi connectivity index (χ1) is 11.8. The highest BCUT2D eigenvalue weighted by molar-refractivity contribution is 6.35. The van der Waals surface area contributed by atoms with Gasteiger partial charge >= 0.3 is 5.97 Å². The number of carbonyl (C=O) groups is 1. The van der Waals surface area contributed by atoms with Crippen LogP contribution in [0.5, 0.6) is 5.75 Å². The molecule has 0 fully saturated rings. The number of non-ortho nitro benzene ring substituents is 1. The van der Waals surface area contributed by atoms with Gasteiger partial charge in [-0.2, -0.15) is 0 Å². The lowest BCUT2D eigenvalue weighted by molar-refractivity contribution is -0.385. The van der Waals surface area contributed by atoms with Gasteiger partial charge in [-0.1, -0.05) is 29.3 Å². The van der Waals surface area contributed by atoms with E-state index < -0.39 is 23.4 Å². The predicted octanol–water partition coefficient (Wildman–Crippen LogP) is 3.96. The van der Waals surface area contributed by atoms with Crippen molar-refractivity contribution in [3.63, 3.8) is 0 Å². The third kappa shape index (κ3) is 4.82. The molecular weight excluding hydrogens is 371 g/mol. The first-order valence-corrected chi connectivity index (χ1v) is 7.86. The Balaban J connectivity index is 2.32. The highest BCUT2D eigenvalue weighted by atomic mass is 35.5. The summed E-state index contributed by atoms with van der Waals surface area (Å²) in [6, 6.07) is 7.86. The monoisotopic (exact) mass is 384 g/mol. The molecule has 0 aliphatic heterocycles. The summed E-state index contributed by atoms with van der Waals surface area (Å²) >= 11 is 12.2. The van der Waals surface area contributed by atoms with E-state index in [2.05, 4.69) is 0 Å². The standard InChI is InChI=1S/C16H14Cl2N2O5/c17-12-2-1-3-13(18)11(12)8-25-15-5-4-9(20(23)24)6-10(15)14(19)7-16(21)22/h1-6,14H,7-8,19H2,(H,21,22). The summed E-state index contributed by atoms with van der Waals surface area (Å²) in [6.07, 6.45) is -0.398. The van der Waals surface area contributed by atoms with E-state index in [1.165, 1.54) is 18.2 Å². The number of aliphatic carboxylic acids is 1. The van der Waals surface area contributed by atoms with Crippen molar-refractivity contribution >= 4 is 34.9 Å². The van der Waals surface area contributed by atoms with E-state index in [1.54, 1.807) is 18.2 Å². The van der Waals surface area contributed by atoms with Gasteiger partial charge in [-0.3, -0.25) is 14.9 Å². The number of nitrogens with zero attached hydrogens (tertiary/aromatic N) is 1. The second-order valence-corrected chi connectivity index (χ2v) is 5.99. The van der Waals surface area contributed by atoms with E-state index in [1.807, 2.05) is 0 Å². The molecule has 0 amide bonds. The van der Waals surface area contributed by atoms with Crippen LogP contribution in [0.3, 0.4) is 0 Å². The summed E-state index contributed by atoms with van der Waals surface area (Å²) in [7, 11) is 0. The molecule has 9 heteroatoms. The first-order valence-electron chi connectivity index (χ1n) is 7.11. The Morgan fingerprint density at radius 1 is 1.28 bits per heavy atom. The highest BCUT2D eigenvalue weighted by Gasteiger charge is 2.20. The molecule has 0 aromatic heterocycles. The van der Waals surface area contributed by atoms with Gasteiger partial charge in [-0.25, -0.2) is 0 Å². The molecule has 0 bridgehead atoms. The summed E-state index contributed by atoms with van der Waals surface area (Å²) in [6.45, 7) is 0.00308. The Bertz CT molecular complexity index is 793. The van der Waals surface area contributed by atoms with Crippen molar-refractivity contribution in [3.05, 3.63) is 67.7 Å². The van der Waals surface area contributed by atoms with Gasteiger partial charge in [0.05, 0.1) is 11.3 Å². The van der Waals surface area contributed by atoms with Gasteiger partial charge in [0.25, 0.3) is 5.69 Å². The smallest absolute Gasteiger partial charge is 0.305 e. The predicted molar refractivity (Wildman–Crippen MR) is 93.1 cm³/mol. The van der Waals surface area contributed by atoms with Crippen LogP contribution in [0.25, 0.3) is 0 Å². The maximum absolute atomic E-state index is 11.0. The highest BCUT2D eigenvalue weighted by Crippen LogP contribution is 2.32. The van der Waals surface area contributed by atoms with Gasteiger partial charge in [-0.15, -0.1) is 0 Å². The van der Waals surface area contributed by atoms with E-state index in [0.717, 1.165) is 0 Å². The molecule has 7 nitrogen and oxygen atoms in total. The summed E-state index contributed by atoms with van der Waals surface area (Å²) < 4.78 is 5.66. The van der Waals surface area contributed by atoms with Crippen molar-refractivity contribution in [2.24, 2.45) is 5.73 Å². The van der Waals surface area contributed by atoms with Crippen molar-refractivity contribution in [1.29, 1.82) is 0 Å². The number of hydrogen-bond donors (Lipinski definition) is 2. The van der Waals surface area contributed by atoms with Gasteiger partial charge < -0.3 is 15.6 Å². The van der Waals surface area contributed by atoms with Crippen LogP contribution in [0.2, 0.25) is 10.0 Å². The SMILES string of the molecule is NC(CC(=O)O)c1cc([N+](=O)[O-])ccc1OCc1c(Cl)cccc1Cl. The van der Waals surface area contributed by atoms with Crippen molar-refractivity contribution in [3.8, 4) is 5.75 Å². The Morgan fingerprint density at radius 3 is 2.48 bits per heavy atom. The molecule has 0 saturated heterocycles. The minimum absolute atomic E-state index is 0.00308. The van der Waals surface area contributed by atoms with Crippen molar-refractivity contribution in [2.45, 2.75) is 19.1 Å². The molecular formula is C16H14Cl2N2O5. The molecule has 0 aliphatic rings. The van der Waals surface area contributed by atoms with Crippen LogP contribution >= 0.6 is 23.2 Å². The Morgan fingerprint density at radius 2 is 1.92 bits per heavy atom. The zero-order chi connectivity index (χ0) is 18.6. The summed E-state index contributed by atoms with van der Waals surface area (Å²) in [5.74, 6) is -0.894. The minimum atomic E-state index is -1.13. The number of ether oxygens (including phenoxy) is 1. The molecule has 0 saturated carbocycles. The molecule has 132 valence electrons. The third-order valence-corrected chi connectivity index (χ3v) is 4.14. The zero-order valence-corrected chi connectivity index (χ0v) is 14.3. The van der Waals surface area contributed by atoms with Crippen LogP contribution in [0.15, 0.2) is 36.4 Å². The summed E-state index contributed by atoms with van der Waals surface area (Å²) in [4.78, 5) is 21.3. The summed E-state index contributed by atoms with van der Waals surface area (Å²) in [5.41, 5.74) is 6.42. The topological polar surface area (TPSA) is 116 Å². The average Bonchev–Trinajstić information content (AvgIpc) is 2.53. The van der Waals surface area contributed by atoms with Crippen LogP contribution in [0.4, 0.5) is 5.69 Å². The number of carboxylic acid groups (broad SMARTS) is 1. The largest absolute Gasteiger partial charge is 0.488 e. The van der Waals surface area contributed by atoms with Gasteiger partial charge in [-0.05, 0) is 18.2 Å². The maximum atomic E-state index is 11.0. The number of hydrogen-bond acceptors (Lipinski definition) is 5. The van der Waals surface area contributed by atoms with Crippen LogP contribution in [-0.2, 0) is 11.4 Å². The fraction of sp³-hybridized carbons (Fsp3) is 0.188. The number of rotatable bonds is 7. The van der Waals surface area contributed by atoms with Crippen LogP contribution in [0.1, 0.15) is 23.6 Å². The van der Waals surface area contributed by atoms with Gasteiger partial charge in [0.2, 0.25) is 0 Å². The zero-order valence-electron chi connectivity index (χ0n) is 12.8. The Labute approximate surface area is 153 Å². The third-order valence-electron chi connectivity index (χ3n) is 3.43. The van der Waals surface area contributed by atoms with E-state index in [-0.39, 0.29) is 23.6 Å². The van der Waals surface area contributed by atoms with E-state index in [9.17, 15) is 14.9 Å². The number of nitrogens with two attached hydrogens (primary N) is 1. The van der Waals surface area contributed by atoms with Crippen molar-refractivity contribution in [1.82, 2.24) is 0 Å². The number of benzene rings is 2. The molecule has 0 aliphatic carbocycles. The second-order valence-electron chi connectivity index (χ2n) is 5.17. The van der Waals surface area contributed by atoms with Crippen LogP contribution < -0.4 is 10.5 Å². The van der Waals surface area contributed by atoms with E-state index in [4.69, 9.17) is 38.8 Å². The lowest BCUT2D eigenvalue weighted by atomic mass is 10.0. The Hall–Kier alpha value is -2.35. The van der Waals surface area contributed by atoms with Crippen LogP contribution in [0, 0.1) is 10.1 Å². The molecule has 2 rings (SSSR count). The van der Waals surface area contributed by atoms with Crippen molar-refractivity contribution in [2.75, 3.05) is 0 Å². The summed E-state index contributed by atoms with van der Waals surface area (Å²) in [5, 5.41) is 20.7. The number of carboxylic acids is 1. The normalized spacial score (nSPS) is 11.8. The van der Waals surface area contributed by atoms with Gasteiger partial charge in [0.1, 0.15) is 12.4 Å². The Kier molecular flexibility index (Phi) is 6.19. The van der Waals surface area contributed by atoms with Crippen LogP contribution in [-0.4, -0.2) is 16.0 Å². The molecule has 2 aromatic rings. The molecule has 0 radical (unpaired) electrons. The number of nitro benzene ring substituents is 1. The molecule has 1 unspecified atom stereocenters. The lowest BCUT2D eigenvalue weighted by Gasteiger charge is -2.16. The number of halogens is 2. The maximum Gasteiger partial charge on any atom is 0.305 e. The molecule has 2 aromatic carbocycles. The fourth-order valence-corrected chi connectivity index (χ4v) is 2.70. The van der Waals surface area contributed by atoms with Gasteiger partial charge in [0.15, 0.2) is 0 Å². The fourth-order valence-electron chi connectivity index (χ4n) is 2.19. The molecule has 0 spiro atoms. The molecule has 3 N–H and O–H groups in total. The van der Waals surface area contributed by atoms with E-state index >= 15 is 0 Å². The molecule has 0 heterocycles. The second kappa shape index (κ2) is 8.15. The quantitative estimate of drug-likeness (QED) is 0.551. The van der Waals surface area contributed by atoms with Crippen molar-refractivity contribution < 1.29 is 19.6 Å². The average molecular weight is 385 g/mol. The molecule has 1 atom stereocenters. The van der Waals surface area contributed by atoms with E-state index in [0.29, 0.717) is 15.6 Å². The molecule has 25 heavy (non-hydrogen) atoms. The van der Waals surface area contributed by atoms with Gasteiger partial charge in [0, 0.05) is 39.3 Å². The number of nitro groups is 1.